The van der Waals surface area contributed by atoms with Gasteiger partial charge in [0.1, 0.15) is 11.6 Å². The van der Waals surface area contributed by atoms with Crippen molar-refractivity contribution in [3.05, 3.63) is 34.9 Å². The normalized spacial score (nSPS) is 18.9. The zero-order chi connectivity index (χ0) is 25.4. The van der Waals surface area contributed by atoms with Crippen LogP contribution in [0.5, 0.6) is 0 Å². The van der Waals surface area contributed by atoms with Crippen LogP contribution >= 0.6 is 11.6 Å². The molecule has 9 nitrogen and oxygen atoms in total. The molecule has 2 rings (SSSR count). The predicted octanol–water partition coefficient (Wildman–Crippen LogP) is 3.23. The van der Waals surface area contributed by atoms with Gasteiger partial charge in [-0.2, -0.15) is 13.2 Å². The van der Waals surface area contributed by atoms with Gasteiger partial charge in [-0.15, -0.1) is 0 Å². The van der Waals surface area contributed by atoms with E-state index in [1.165, 1.54) is 18.9 Å². The number of carbonyl (C=O) groups is 4. The number of likely N-dealkylation sites (N-methyl/N-ethyl adjacent to an activating group) is 1. The number of carbonyl (C=O) groups excluding carboxylic acids is 3. The van der Waals surface area contributed by atoms with Crippen molar-refractivity contribution in [1.29, 1.82) is 0 Å². The van der Waals surface area contributed by atoms with Gasteiger partial charge >= 0.3 is 24.2 Å². The van der Waals surface area contributed by atoms with E-state index < -0.39 is 42.6 Å². The van der Waals surface area contributed by atoms with Gasteiger partial charge in [-0.05, 0) is 32.3 Å². The highest BCUT2D eigenvalue weighted by atomic mass is 35.5. The molecule has 1 fully saturated rings. The summed E-state index contributed by atoms with van der Waals surface area (Å²) < 4.78 is 41.5. The number of carboxylic acids is 1. The van der Waals surface area contributed by atoms with Crippen molar-refractivity contribution in [3.8, 4) is 0 Å². The minimum atomic E-state index is -5.08. The first-order valence-corrected chi connectivity index (χ1v) is 10.0. The minimum Gasteiger partial charge on any atom is -0.475 e. The predicted molar refractivity (Wildman–Crippen MR) is 109 cm³/mol. The molecule has 0 unspecified atom stereocenters. The van der Waals surface area contributed by atoms with Gasteiger partial charge in [-0.25, -0.2) is 9.59 Å². The standard InChI is InChI=1S/C18H23ClN2O5.C2HF3O2/c1-12(20)16(23)25-11-26-17(24)21(2)18(10-6-5-9-15(18)22)13-7-3-4-8-14(13)19;3-2(4,5)1(6)7/h3-4,7-8,12H,5-6,9-11,20H2,1-2H3;(H,6,7)/t12-,18-;/m0./s1. The van der Waals surface area contributed by atoms with Crippen molar-refractivity contribution in [2.75, 3.05) is 13.8 Å². The molecular formula is C20H24ClF3N2O7. The number of amides is 1. The number of aliphatic carboxylic acids is 1. The summed E-state index contributed by atoms with van der Waals surface area (Å²) in [7, 11) is 1.49. The molecule has 2 atom stereocenters. The molecule has 0 aliphatic heterocycles. The van der Waals surface area contributed by atoms with E-state index in [1.54, 1.807) is 24.3 Å². The number of halogens is 4. The highest BCUT2D eigenvalue weighted by molar-refractivity contribution is 6.31. The molecule has 1 saturated carbocycles. The fourth-order valence-corrected chi connectivity index (χ4v) is 3.44. The van der Waals surface area contributed by atoms with Crippen molar-refractivity contribution in [2.24, 2.45) is 5.73 Å². The SMILES string of the molecule is C[C@H](N)C(=O)OCOC(=O)N(C)[C@]1(c2ccccc2Cl)CCCCC1=O.O=C(O)C(F)(F)F. The lowest BCUT2D eigenvalue weighted by Gasteiger charge is -2.43. The Morgan fingerprint density at radius 1 is 1.24 bits per heavy atom. The fourth-order valence-electron chi connectivity index (χ4n) is 3.15. The number of nitrogens with two attached hydrogens (primary N) is 1. The molecule has 1 aliphatic carbocycles. The molecule has 184 valence electrons. The molecule has 0 radical (unpaired) electrons. The van der Waals surface area contributed by atoms with E-state index in [0.717, 1.165) is 12.8 Å². The van der Waals surface area contributed by atoms with Crippen molar-refractivity contribution in [2.45, 2.75) is 50.4 Å². The van der Waals surface area contributed by atoms with Gasteiger partial charge in [0, 0.05) is 24.1 Å². The number of Topliss-reactive ketones (excluding diaryl/α,β-unsaturated/α-hetero) is 1. The summed E-state index contributed by atoms with van der Waals surface area (Å²) in [5.74, 6) is -3.54. The van der Waals surface area contributed by atoms with E-state index in [-0.39, 0.29) is 5.78 Å². The maximum atomic E-state index is 12.9. The number of benzene rings is 1. The third-order valence-corrected chi connectivity index (χ3v) is 5.15. The Labute approximate surface area is 192 Å². The second-order valence-corrected chi connectivity index (χ2v) is 7.52. The minimum absolute atomic E-state index is 0.0936. The summed E-state index contributed by atoms with van der Waals surface area (Å²) in [4.78, 5) is 46.9. The Balaban J connectivity index is 0.000000675. The first kappa shape index (κ1) is 28.2. The molecule has 0 heterocycles. The quantitative estimate of drug-likeness (QED) is 0.468. The first-order chi connectivity index (χ1) is 15.2. The van der Waals surface area contributed by atoms with E-state index in [1.807, 2.05) is 0 Å². The van der Waals surface area contributed by atoms with E-state index in [4.69, 9.17) is 36.7 Å². The van der Waals surface area contributed by atoms with Gasteiger partial charge < -0.3 is 20.3 Å². The molecule has 0 spiro atoms. The van der Waals surface area contributed by atoms with Gasteiger partial charge in [-0.3, -0.25) is 14.5 Å². The maximum Gasteiger partial charge on any atom is 0.490 e. The molecule has 1 aliphatic rings. The summed E-state index contributed by atoms with van der Waals surface area (Å²) in [5.41, 5.74) is 4.75. The van der Waals surface area contributed by atoms with Crippen molar-refractivity contribution < 1.29 is 46.9 Å². The van der Waals surface area contributed by atoms with E-state index >= 15 is 0 Å². The number of ketones is 1. The Morgan fingerprint density at radius 2 is 1.82 bits per heavy atom. The molecule has 0 saturated heterocycles. The van der Waals surface area contributed by atoms with Crippen LogP contribution in [-0.4, -0.2) is 59.9 Å². The van der Waals surface area contributed by atoms with Crippen LogP contribution in [-0.2, 0) is 29.4 Å². The van der Waals surface area contributed by atoms with E-state index in [0.29, 0.717) is 23.4 Å². The third kappa shape index (κ3) is 7.32. The molecule has 13 heteroatoms. The van der Waals surface area contributed by atoms with Crippen LogP contribution < -0.4 is 5.73 Å². The van der Waals surface area contributed by atoms with E-state index in [9.17, 15) is 27.6 Å². The molecule has 0 aromatic heterocycles. The van der Waals surface area contributed by atoms with Crippen LogP contribution in [0.1, 0.15) is 38.2 Å². The molecule has 1 aromatic carbocycles. The van der Waals surface area contributed by atoms with Gasteiger partial charge in [0.25, 0.3) is 0 Å². The molecule has 0 bridgehead atoms. The number of carboxylic acid groups (broad SMARTS) is 1. The second-order valence-electron chi connectivity index (χ2n) is 7.11. The van der Waals surface area contributed by atoms with Crippen LogP contribution in [0.4, 0.5) is 18.0 Å². The third-order valence-electron chi connectivity index (χ3n) is 4.82. The number of alkyl halides is 3. The molecule has 1 aromatic rings. The smallest absolute Gasteiger partial charge is 0.475 e. The lowest BCUT2D eigenvalue weighted by atomic mass is 9.74. The van der Waals surface area contributed by atoms with Crippen molar-refractivity contribution in [1.82, 2.24) is 4.90 Å². The van der Waals surface area contributed by atoms with Gasteiger partial charge in [0.15, 0.2) is 5.78 Å². The maximum absolute atomic E-state index is 12.9. The number of hydrogen-bond donors (Lipinski definition) is 2. The topological polar surface area (TPSA) is 136 Å². The van der Waals surface area contributed by atoms with E-state index in [2.05, 4.69) is 0 Å². The summed E-state index contributed by atoms with van der Waals surface area (Å²) >= 11 is 6.33. The monoisotopic (exact) mass is 496 g/mol. The highest BCUT2D eigenvalue weighted by Gasteiger charge is 2.48. The highest BCUT2D eigenvalue weighted by Crippen LogP contribution is 2.42. The lowest BCUT2D eigenvalue weighted by molar-refractivity contribution is -0.192. The second kappa shape index (κ2) is 11.8. The van der Waals surface area contributed by atoms with Crippen LogP contribution in [0.2, 0.25) is 5.02 Å². The fraction of sp³-hybridized carbons (Fsp3) is 0.500. The van der Waals surface area contributed by atoms with Crippen molar-refractivity contribution in [3.63, 3.8) is 0 Å². The number of nitrogens with zero attached hydrogens (tertiary/aromatic N) is 1. The largest absolute Gasteiger partial charge is 0.490 e. The number of rotatable bonds is 5. The average molecular weight is 497 g/mol. The Morgan fingerprint density at radius 3 is 2.30 bits per heavy atom. The Bertz CT molecular complexity index is 879. The number of hydrogen-bond acceptors (Lipinski definition) is 7. The first-order valence-electron chi connectivity index (χ1n) is 9.66. The molecule has 33 heavy (non-hydrogen) atoms. The van der Waals surface area contributed by atoms with Crippen LogP contribution in [0.15, 0.2) is 24.3 Å². The van der Waals surface area contributed by atoms with Gasteiger partial charge in [-0.1, -0.05) is 29.8 Å². The average Bonchev–Trinajstić information content (AvgIpc) is 2.73. The van der Waals surface area contributed by atoms with Crippen LogP contribution in [0.25, 0.3) is 0 Å². The summed E-state index contributed by atoms with van der Waals surface area (Å²) in [6.45, 7) is 0.889. The zero-order valence-electron chi connectivity index (χ0n) is 17.9. The van der Waals surface area contributed by atoms with Crippen LogP contribution in [0, 0.1) is 0 Å². The summed E-state index contributed by atoms with van der Waals surface area (Å²) in [6, 6.07) is 6.14. The molecule has 1 amide bonds. The lowest BCUT2D eigenvalue weighted by Crippen LogP contribution is -2.54. The van der Waals surface area contributed by atoms with Crippen LogP contribution in [0.3, 0.4) is 0 Å². The Kier molecular flexibility index (Phi) is 10.1. The zero-order valence-corrected chi connectivity index (χ0v) is 18.6. The number of esters is 1. The van der Waals surface area contributed by atoms with Crippen molar-refractivity contribution >= 4 is 35.4 Å². The number of ether oxygens (including phenoxy) is 2. The summed E-state index contributed by atoms with van der Waals surface area (Å²) in [6.07, 6.45) is -3.53. The molecule has 3 N–H and O–H groups in total. The Hall–Kier alpha value is -2.86. The summed E-state index contributed by atoms with van der Waals surface area (Å²) in [5, 5.41) is 7.53. The van der Waals surface area contributed by atoms with Gasteiger partial charge in [0.05, 0.1) is 0 Å². The molecular weight excluding hydrogens is 473 g/mol. The van der Waals surface area contributed by atoms with Gasteiger partial charge in [0.2, 0.25) is 6.79 Å².